The maximum Gasteiger partial charge on any atom is 0.0403 e. The van der Waals surface area contributed by atoms with Gasteiger partial charge < -0.3 is 0 Å². The van der Waals surface area contributed by atoms with Gasteiger partial charge in [0, 0.05) is 12.0 Å². The summed E-state index contributed by atoms with van der Waals surface area (Å²) in [5.41, 5.74) is 13.5. The minimum absolute atomic E-state index is 0. The average molecular weight is 342 g/mol. The monoisotopic (exact) mass is 342 g/mol. The van der Waals surface area contributed by atoms with Gasteiger partial charge in [-0.1, -0.05) is 73.9 Å². The molecule has 0 spiro atoms. The van der Waals surface area contributed by atoms with Gasteiger partial charge in [0.1, 0.15) is 0 Å². The lowest BCUT2D eigenvalue weighted by atomic mass is 9.89. The van der Waals surface area contributed by atoms with Crippen molar-refractivity contribution in [2.45, 2.75) is 13.8 Å². The van der Waals surface area contributed by atoms with Gasteiger partial charge in [-0.15, -0.1) is 5.73 Å². The fourth-order valence-corrected chi connectivity index (χ4v) is 4.39. The highest BCUT2D eigenvalue weighted by Gasteiger charge is 2.25. The number of hydrogen-bond donors (Lipinski definition) is 0. The summed E-state index contributed by atoms with van der Waals surface area (Å²) < 4.78 is 0. The van der Waals surface area contributed by atoms with Crippen molar-refractivity contribution in [1.29, 1.82) is 0 Å². The van der Waals surface area contributed by atoms with Crippen LogP contribution in [0.2, 0.25) is 0 Å². The molecule has 126 valence electrons. The highest BCUT2D eigenvalue weighted by atomic mass is 14.3. The fraction of sp³-hybridized carbons (Fsp3) is 0.0741. The van der Waals surface area contributed by atoms with E-state index in [1.807, 2.05) is 6.08 Å². The number of benzene rings is 3. The topological polar surface area (TPSA) is 0 Å². The zero-order valence-electron chi connectivity index (χ0n) is 14.1. The lowest BCUT2D eigenvalue weighted by Crippen LogP contribution is -1.93. The SMILES string of the molecule is C.C1=CC=CC2=C(C=1)c1cc3c4c(cccc4c1C#CC2)-c1ccccc1-3. The Morgan fingerprint density at radius 3 is 2.52 bits per heavy atom. The number of hydrogen-bond acceptors (Lipinski definition) is 0. The molecular weight excluding hydrogens is 324 g/mol. The maximum atomic E-state index is 3.47. The quantitative estimate of drug-likeness (QED) is 0.240. The molecule has 0 radical (unpaired) electrons. The van der Waals surface area contributed by atoms with Crippen molar-refractivity contribution in [3.05, 3.63) is 95.3 Å². The van der Waals surface area contributed by atoms with Gasteiger partial charge in [-0.3, -0.25) is 0 Å². The normalized spacial score (nSPS) is 14.5. The Morgan fingerprint density at radius 2 is 1.63 bits per heavy atom. The Hall–Kier alpha value is -3.52. The molecule has 0 amide bonds. The molecule has 0 heterocycles. The lowest BCUT2D eigenvalue weighted by molar-refractivity contribution is 1.35. The molecule has 0 atom stereocenters. The summed E-state index contributed by atoms with van der Waals surface area (Å²) in [5, 5.41) is 2.60. The molecule has 3 aliphatic rings. The minimum atomic E-state index is 0. The Bertz CT molecular complexity index is 1320. The number of allylic oxidation sites excluding steroid dienone is 5. The largest absolute Gasteiger partial charge is 0.120 e. The molecule has 0 aliphatic heterocycles. The van der Waals surface area contributed by atoms with Crippen LogP contribution in [0, 0.1) is 11.8 Å². The standard InChI is InChI=1S/C26H14.CH4/c1-2-8-17-9-6-13-21-23-15-7-14-22-19-11-4-5-12-20(19)25(26(22)23)16-24(21)18(17)10-3-1;/h1-2,4-5,7-8,10-12,14-16H,9H2;1H4. The average Bonchev–Trinajstić information content (AvgIpc) is 2.83. The molecule has 0 aromatic heterocycles. The van der Waals surface area contributed by atoms with Crippen LogP contribution < -0.4 is 0 Å². The molecule has 27 heavy (non-hydrogen) atoms. The van der Waals surface area contributed by atoms with Crippen molar-refractivity contribution < 1.29 is 0 Å². The first-order valence-electron chi connectivity index (χ1n) is 8.93. The predicted molar refractivity (Wildman–Crippen MR) is 115 cm³/mol. The first kappa shape index (κ1) is 15.7. The van der Waals surface area contributed by atoms with Gasteiger partial charge in [0.15, 0.2) is 0 Å². The molecule has 6 rings (SSSR count). The predicted octanol–water partition coefficient (Wildman–Crippen LogP) is 6.91. The molecule has 0 fully saturated rings. The van der Waals surface area contributed by atoms with Crippen molar-refractivity contribution >= 4 is 16.3 Å². The lowest BCUT2D eigenvalue weighted by Gasteiger charge is -2.13. The Labute approximate surface area is 159 Å². The van der Waals surface area contributed by atoms with Crippen LogP contribution in [0.1, 0.15) is 25.0 Å². The zero-order valence-corrected chi connectivity index (χ0v) is 14.1. The second kappa shape index (κ2) is 5.75. The van der Waals surface area contributed by atoms with Crippen molar-refractivity contribution in [1.82, 2.24) is 0 Å². The summed E-state index contributed by atoms with van der Waals surface area (Å²) in [6, 6.07) is 17.7. The summed E-state index contributed by atoms with van der Waals surface area (Å²) >= 11 is 0. The van der Waals surface area contributed by atoms with E-state index in [1.165, 1.54) is 49.7 Å². The van der Waals surface area contributed by atoms with E-state index in [2.05, 4.69) is 84.3 Å². The van der Waals surface area contributed by atoms with E-state index < -0.39 is 0 Å². The van der Waals surface area contributed by atoms with Crippen LogP contribution >= 0.6 is 0 Å². The third-order valence-corrected chi connectivity index (χ3v) is 5.51. The van der Waals surface area contributed by atoms with Crippen molar-refractivity contribution in [3.8, 4) is 34.1 Å². The van der Waals surface area contributed by atoms with E-state index in [4.69, 9.17) is 0 Å². The maximum absolute atomic E-state index is 3.47. The molecule has 3 aromatic rings. The second-order valence-electron chi connectivity index (χ2n) is 6.87. The molecular formula is C27H18. The first-order valence-corrected chi connectivity index (χ1v) is 8.93. The van der Waals surface area contributed by atoms with Crippen molar-refractivity contribution in [2.75, 3.05) is 0 Å². The third kappa shape index (κ3) is 2.07. The van der Waals surface area contributed by atoms with Crippen LogP contribution in [0.25, 0.3) is 38.6 Å². The van der Waals surface area contributed by atoms with Crippen LogP contribution in [0.4, 0.5) is 0 Å². The number of fused-ring (bicyclic) bond motifs is 6. The van der Waals surface area contributed by atoms with Gasteiger partial charge in [0.25, 0.3) is 0 Å². The first-order chi connectivity index (χ1) is 12.9. The van der Waals surface area contributed by atoms with Gasteiger partial charge in [0.05, 0.1) is 0 Å². The highest BCUT2D eigenvalue weighted by Crippen LogP contribution is 2.49. The van der Waals surface area contributed by atoms with Crippen LogP contribution in [0.15, 0.2) is 84.1 Å². The molecule has 0 nitrogen and oxygen atoms in total. The number of rotatable bonds is 0. The van der Waals surface area contributed by atoms with E-state index in [9.17, 15) is 0 Å². The molecule has 0 N–H and O–H groups in total. The molecule has 0 bridgehead atoms. The van der Waals surface area contributed by atoms with Crippen LogP contribution in [-0.2, 0) is 0 Å². The van der Waals surface area contributed by atoms with E-state index in [1.54, 1.807) is 0 Å². The molecule has 3 aromatic carbocycles. The van der Waals surface area contributed by atoms with Crippen molar-refractivity contribution in [2.24, 2.45) is 0 Å². The Kier molecular flexibility index (Phi) is 3.34. The van der Waals surface area contributed by atoms with E-state index in [0.717, 1.165) is 12.0 Å². The summed E-state index contributed by atoms with van der Waals surface area (Å²) in [6.45, 7) is 0. The molecule has 0 saturated carbocycles. The Morgan fingerprint density at radius 1 is 0.815 bits per heavy atom. The molecule has 0 heteroatoms. The molecule has 0 saturated heterocycles. The summed E-state index contributed by atoms with van der Waals surface area (Å²) in [7, 11) is 0. The van der Waals surface area contributed by atoms with Gasteiger partial charge in [-0.2, -0.15) is 0 Å². The van der Waals surface area contributed by atoms with Crippen LogP contribution in [0.3, 0.4) is 0 Å². The summed E-state index contributed by atoms with van der Waals surface area (Å²) in [5.74, 6) is 6.85. The van der Waals surface area contributed by atoms with E-state index in [-0.39, 0.29) is 7.43 Å². The van der Waals surface area contributed by atoms with Gasteiger partial charge >= 0.3 is 0 Å². The van der Waals surface area contributed by atoms with Gasteiger partial charge in [-0.25, -0.2) is 0 Å². The summed E-state index contributed by atoms with van der Waals surface area (Å²) in [6.07, 6.45) is 9.07. The van der Waals surface area contributed by atoms with E-state index in [0.29, 0.717) is 0 Å². The molecule has 0 unspecified atom stereocenters. The fourth-order valence-electron chi connectivity index (χ4n) is 4.39. The van der Waals surface area contributed by atoms with Crippen molar-refractivity contribution in [3.63, 3.8) is 0 Å². The van der Waals surface area contributed by atoms with E-state index >= 15 is 0 Å². The zero-order chi connectivity index (χ0) is 17.1. The van der Waals surface area contributed by atoms with Crippen LogP contribution in [0.5, 0.6) is 0 Å². The van der Waals surface area contributed by atoms with Crippen LogP contribution in [-0.4, -0.2) is 0 Å². The minimum Gasteiger partial charge on any atom is -0.120 e. The smallest absolute Gasteiger partial charge is 0.0403 e. The Balaban J connectivity index is 0.00000160. The highest BCUT2D eigenvalue weighted by molar-refractivity contribution is 6.18. The third-order valence-electron chi connectivity index (χ3n) is 5.51. The molecule has 3 aliphatic carbocycles. The second-order valence-corrected chi connectivity index (χ2v) is 6.87. The van der Waals surface area contributed by atoms with Gasteiger partial charge in [-0.05, 0) is 68.0 Å². The summed E-state index contributed by atoms with van der Waals surface area (Å²) in [4.78, 5) is 0. The van der Waals surface area contributed by atoms with Gasteiger partial charge in [0.2, 0.25) is 0 Å².